The number of carbonyl (C=O) groups is 1. The number of benzene rings is 2. The minimum Gasteiger partial charge on any atom is -0.435 e. The zero-order valence-electron chi connectivity index (χ0n) is 13.7. The Kier molecular flexibility index (Phi) is 6.26. The number of carbonyl (C=O) groups excluding carboxylic acids is 1. The molecule has 2 N–H and O–H groups in total. The number of ether oxygens (including phenoxy) is 1. The topological polar surface area (TPSA) is 42.8 Å². The molecule has 128 valence electrons. The fraction of sp³-hybridized carbons (Fsp3) is 0.278. The molecule has 0 aliphatic rings. The van der Waals surface area contributed by atoms with Crippen LogP contribution >= 0.6 is 0 Å². The summed E-state index contributed by atoms with van der Waals surface area (Å²) < 4.78 is 28.7. The Morgan fingerprint density at radius 1 is 1.12 bits per heavy atom. The first-order valence-corrected chi connectivity index (χ1v) is 7.64. The molecule has 0 spiro atoms. The third-order valence-electron chi connectivity index (χ3n) is 3.36. The van der Waals surface area contributed by atoms with E-state index in [1.807, 2.05) is 24.3 Å². The van der Waals surface area contributed by atoms with Gasteiger partial charge in [-0.05, 0) is 23.8 Å². The Balaban J connectivity index is 1.93. The minimum atomic E-state index is -2.91. The average molecular weight is 335 g/mol. The van der Waals surface area contributed by atoms with Crippen LogP contribution in [0.4, 0.5) is 8.78 Å². The highest BCUT2D eigenvalue weighted by Crippen LogP contribution is 2.16. The lowest BCUT2D eigenvalue weighted by atomic mass is 10.1. The van der Waals surface area contributed by atoms with Gasteiger partial charge in [-0.3, -0.25) is 4.79 Å². The molecule has 2 rings (SSSR count). The summed E-state index contributed by atoms with van der Waals surface area (Å²) in [5.41, 5.74) is 2.48. The third-order valence-corrected chi connectivity index (χ3v) is 3.36. The van der Waals surface area contributed by atoms with E-state index in [0.717, 1.165) is 12.1 Å². The van der Waals surface area contributed by atoms with Crippen molar-refractivity contribution >= 4 is 5.91 Å². The van der Waals surface area contributed by atoms with Gasteiger partial charge in [-0.15, -0.1) is 0 Å². The van der Waals surface area contributed by atoms with Gasteiger partial charge in [0.05, 0.1) is 14.1 Å². The molecular formula is C18H21F2N2O2+. The van der Waals surface area contributed by atoms with Gasteiger partial charge in [0, 0.05) is 17.7 Å². The highest BCUT2D eigenvalue weighted by atomic mass is 19.3. The summed E-state index contributed by atoms with van der Waals surface area (Å²) in [6.45, 7) is -1.61. The molecule has 0 aliphatic carbocycles. The van der Waals surface area contributed by atoms with Gasteiger partial charge in [0.25, 0.3) is 5.91 Å². The van der Waals surface area contributed by atoms with Gasteiger partial charge in [0.1, 0.15) is 12.3 Å². The molecule has 1 amide bonds. The predicted octanol–water partition coefficient (Wildman–Crippen LogP) is 1.86. The zero-order valence-corrected chi connectivity index (χ0v) is 13.7. The molecule has 2 aromatic rings. The number of nitrogens with one attached hydrogen (secondary N) is 2. The van der Waals surface area contributed by atoms with E-state index in [4.69, 9.17) is 0 Å². The van der Waals surface area contributed by atoms with Crippen molar-refractivity contribution in [1.82, 2.24) is 5.32 Å². The van der Waals surface area contributed by atoms with Crippen LogP contribution in [0.25, 0.3) is 0 Å². The van der Waals surface area contributed by atoms with Crippen molar-refractivity contribution in [2.24, 2.45) is 0 Å². The van der Waals surface area contributed by atoms with E-state index in [9.17, 15) is 13.6 Å². The first-order valence-electron chi connectivity index (χ1n) is 7.64. The van der Waals surface area contributed by atoms with Crippen molar-refractivity contribution in [1.29, 1.82) is 0 Å². The summed E-state index contributed by atoms with van der Waals surface area (Å²) in [7, 11) is 4.17. The van der Waals surface area contributed by atoms with E-state index in [2.05, 4.69) is 24.1 Å². The maximum absolute atomic E-state index is 12.2. The van der Waals surface area contributed by atoms with Crippen LogP contribution < -0.4 is 15.0 Å². The van der Waals surface area contributed by atoms with Crippen LogP contribution in [-0.2, 0) is 13.1 Å². The number of amides is 1. The van der Waals surface area contributed by atoms with Crippen molar-refractivity contribution in [2.45, 2.75) is 19.7 Å². The number of hydrogen-bond donors (Lipinski definition) is 2. The molecule has 4 nitrogen and oxygen atoms in total. The Hall–Kier alpha value is -2.47. The minimum absolute atomic E-state index is 0.0341. The molecule has 0 saturated carbocycles. The third kappa shape index (κ3) is 5.62. The summed E-state index contributed by atoms with van der Waals surface area (Å²) >= 11 is 0. The molecule has 24 heavy (non-hydrogen) atoms. The SMILES string of the molecule is C[NH+](C)Cc1ccc(CNC(=O)c2cccc(OC(F)F)c2)cc1. The van der Waals surface area contributed by atoms with Crippen LogP contribution in [0.5, 0.6) is 5.75 Å². The van der Waals surface area contributed by atoms with Crippen molar-refractivity contribution < 1.29 is 23.2 Å². The zero-order chi connectivity index (χ0) is 17.5. The fourth-order valence-corrected chi connectivity index (χ4v) is 2.28. The Bertz CT molecular complexity index is 673. The lowest BCUT2D eigenvalue weighted by Gasteiger charge is -2.09. The summed E-state index contributed by atoms with van der Waals surface area (Å²) in [6, 6.07) is 13.7. The van der Waals surface area contributed by atoms with E-state index in [-0.39, 0.29) is 17.2 Å². The van der Waals surface area contributed by atoms with Crippen molar-refractivity contribution in [3.63, 3.8) is 0 Å². The maximum atomic E-state index is 12.2. The number of halogens is 2. The first kappa shape index (κ1) is 17.9. The number of quaternary nitrogens is 1. The quantitative estimate of drug-likeness (QED) is 0.811. The second-order valence-electron chi connectivity index (χ2n) is 5.79. The van der Waals surface area contributed by atoms with Crippen molar-refractivity contribution in [2.75, 3.05) is 14.1 Å². The van der Waals surface area contributed by atoms with Gasteiger partial charge in [-0.1, -0.05) is 30.3 Å². The van der Waals surface area contributed by atoms with Gasteiger partial charge < -0.3 is 15.0 Å². The van der Waals surface area contributed by atoms with E-state index in [1.165, 1.54) is 28.7 Å². The normalized spacial score (nSPS) is 10.9. The Morgan fingerprint density at radius 3 is 2.42 bits per heavy atom. The smallest absolute Gasteiger partial charge is 0.387 e. The Labute approximate surface area is 140 Å². The van der Waals surface area contributed by atoms with Crippen molar-refractivity contribution in [3.05, 3.63) is 65.2 Å². The van der Waals surface area contributed by atoms with E-state index in [1.54, 1.807) is 6.07 Å². The van der Waals surface area contributed by atoms with Crippen molar-refractivity contribution in [3.8, 4) is 5.75 Å². The van der Waals surface area contributed by atoms with Crippen LogP contribution in [-0.4, -0.2) is 26.6 Å². The molecule has 0 bridgehead atoms. The first-order chi connectivity index (χ1) is 11.4. The summed E-state index contributed by atoms with van der Waals surface area (Å²) in [4.78, 5) is 13.4. The molecule has 0 aliphatic heterocycles. The van der Waals surface area contributed by atoms with E-state index >= 15 is 0 Å². The number of hydrogen-bond acceptors (Lipinski definition) is 2. The monoisotopic (exact) mass is 335 g/mol. The standard InChI is InChI=1S/C18H20F2N2O2/c1-22(2)12-14-8-6-13(7-9-14)11-21-17(23)15-4-3-5-16(10-15)24-18(19)20/h3-10,18H,11-12H2,1-2H3,(H,21,23)/p+1. The molecule has 2 aromatic carbocycles. The molecule has 0 radical (unpaired) electrons. The van der Waals surface area contributed by atoms with Gasteiger partial charge in [-0.25, -0.2) is 0 Å². The molecule has 0 aromatic heterocycles. The van der Waals surface area contributed by atoms with Gasteiger partial charge in [0.2, 0.25) is 0 Å². The Morgan fingerprint density at radius 2 is 1.79 bits per heavy atom. The molecule has 0 unspecified atom stereocenters. The van der Waals surface area contributed by atoms with Crippen LogP contribution in [0, 0.1) is 0 Å². The lowest BCUT2D eigenvalue weighted by molar-refractivity contribution is -0.872. The molecule has 0 fully saturated rings. The number of alkyl halides is 2. The van der Waals surface area contributed by atoms with Gasteiger partial charge in [-0.2, -0.15) is 8.78 Å². The number of rotatable bonds is 7. The van der Waals surface area contributed by atoms with E-state index in [0.29, 0.717) is 6.54 Å². The average Bonchev–Trinajstić information content (AvgIpc) is 2.53. The predicted molar refractivity (Wildman–Crippen MR) is 87.2 cm³/mol. The van der Waals surface area contributed by atoms with Crippen LogP contribution in [0.2, 0.25) is 0 Å². The molecule has 0 heterocycles. The highest BCUT2D eigenvalue weighted by molar-refractivity contribution is 5.94. The molecule has 0 saturated heterocycles. The van der Waals surface area contributed by atoms with E-state index < -0.39 is 6.61 Å². The maximum Gasteiger partial charge on any atom is 0.387 e. The van der Waals surface area contributed by atoms with Crippen LogP contribution in [0.1, 0.15) is 21.5 Å². The summed E-state index contributed by atoms with van der Waals surface area (Å²) in [5.74, 6) is -0.371. The summed E-state index contributed by atoms with van der Waals surface area (Å²) in [5, 5.41) is 2.77. The van der Waals surface area contributed by atoms with Crippen LogP contribution in [0.15, 0.2) is 48.5 Å². The molecular weight excluding hydrogens is 314 g/mol. The van der Waals surface area contributed by atoms with Crippen LogP contribution in [0.3, 0.4) is 0 Å². The fourth-order valence-electron chi connectivity index (χ4n) is 2.28. The molecule has 6 heteroatoms. The lowest BCUT2D eigenvalue weighted by Crippen LogP contribution is -3.04. The van der Waals surface area contributed by atoms with Gasteiger partial charge in [0.15, 0.2) is 0 Å². The second-order valence-corrected chi connectivity index (χ2v) is 5.79. The summed E-state index contributed by atoms with van der Waals surface area (Å²) in [6.07, 6.45) is 0. The largest absolute Gasteiger partial charge is 0.435 e. The second kappa shape index (κ2) is 8.40. The van der Waals surface area contributed by atoms with Gasteiger partial charge >= 0.3 is 6.61 Å². The molecule has 0 atom stereocenters. The highest BCUT2D eigenvalue weighted by Gasteiger charge is 2.09.